The fourth-order valence-electron chi connectivity index (χ4n) is 1.09. The molecular formula is C11H9N3O3S. The number of rotatable bonds is 5. The summed E-state index contributed by atoms with van der Waals surface area (Å²) in [5.41, 5.74) is 8.04. The van der Waals surface area contributed by atoms with Gasteiger partial charge in [0, 0.05) is 11.3 Å². The SMILES string of the molecule is [N-]=[N+]=NCC#Cc1ccc(C(=O)CCC(=O)O)s1. The first-order valence-corrected chi connectivity index (χ1v) is 5.79. The molecule has 0 amide bonds. The molecule has 7 heteroatoms. The van der Waals surface area contributed by atoms with Gasteiger partial charge in [-0.25, -0.2) is 0 Å². The lowest BCUT2D eigenvalue weighted by Crippen LogP contribution is -2.01. The van der Waals surface area contributed by atoms with Crippen LogP contribution in [-0.2, 0) is 4.79 Å². The summed E-state index contributed by atoms with van der Waals surface area (Å²) in [4.78, 5) is 25.6. The van der Waals surface area contributed by atoms with E-state index in [9.17, 15) is 9.59 Å². The minimum absolute atomic E-state index is 0.0125. The van der Waals surface area contributed by atoms with Crippen molar-refractivity contribution in [3.8, 4) is 11.8 Å². The van der Waals surface area contributed by atoms with E-state index in [1.165, 1.54) is 11.3 Å². The van der Waals surface area contributed by atoms with Crippen LogP contribution in [0.25, 0.3) is 10.4 Å². The molecule has 1 N–H and O–H groups in total. The molecule has 1 rings (SSSR count). The van der Waals surface area contributed by atoms with Gasteiger partial charge >= 0.3 is 5.97 Å². The lowest BCUT2D eigenvalue weighted by Gasteiger charge is -1.93. The Bertz CT molecular complexity index is 562. The highest BCUT2D eigenvalue weighted by atomic mass is 32.1. The van der Waals surface area contributed by atoms with Crippen LogP contribution in [0, 0.1) is 11.8 Å². The van der Waals surface area contributed by atoms with Crippen LogP contribution in [-0.4, -0.2) is 23.4 Å². The maximum Gasteiger partial charge on any atom is 0.303 e. The van der Waals surface area contributed by atoms with Crippen LogP contribution in [0.15, 0.2) is 17.2 Å². The maximum atomic E-state index is 11.6. The largest absolute Gasteiger partial charge is 0.481 e. The molecule has 92 valence electrons. The fourth-order valence-corrected chi connectivity index (χ4v) is 1.94. The number of carbonyl (C=O) groups is 2. The van der Waals surface area contributed by atoms with E-state index < -0.39 is 5.97 Å². The quantitative estimate of drug-likeness (QED) is 0.290. The second-order valence-corrected chi connectivity index (χ2v) is 4.26. The van der Waals surface area contributed by atoms with Crippen molar-refractivity contribution in [2.45, 2.75) is 12.8 Å². The smallest absolute Gasteiger partial charge is 0.303 e. The van der Waals surface area contributed by atoms with Crippen LogP contribution in [0.3, 0.4) is 0 Å². The van der Waals surface area contributed by atoms with Gasteiger partial charge in [-0.3, -0.25) is 9.59 Å². The van der Waals surface area contributed by atoms with Crippen LogP contribution in [0.1, 0.15) is 27.4 Å². The van der Waals surface area contributed by atoms with Crippen molar-refractivity contribution in [1.82, 2.24) is 0 Å². The fraction of sp³-hybridized carbons (Fsp3) is 0.273. The number of hydrogen-bond donors (Lipinski definition) is 1. The van der Waals surface area contributed by atoms with Crippen LogP contribution in [0.5, 0.6) is 0 Å². The maximum absolute atomic E-state index is 11.6. The highest BCUT2D eigenvalue weighted by molar-refractivity contribution is 7.14. The predicted molar refractivity (Wildman–Crippen MR) is 66.4 cm³/mol. The summed E-state index contributed by atoms with van der Waals surface area (Å²) >= 11 is 1.20. The van der Waals surface area contributed by atoms with Crippen LogP contribution in [0.4, 0.5) is 0 Å². The highest BCUT2D eigenvalue weighted by Crippen LogP contribution is 2.17. The Balaban J connectivity index is 2.61. The topological polar surface area (TPSA) is 103 Å². The monoisotopic (exact) mass is 263 g/mol. The number of ketones is 1. The second-order valence-electron chi connectivity index (χ2n) is 3.17. The van der Waals surface area contributed by atoms with E-state index in [1.807, 2.05) is 0 Å². The molecule has 0 saturated carbocycles. The van der Waals surface area contributed by atoms with E-state index in [0.29, 0.717) is 9.75 Å². The van der Waals surface area contributed by atoms with Gasteiger partial charge in [-0.15, -0.1) is 11.3 Å². The molecule has 18 heavy (non-hydrogen) atoms. The molecule has 0 saturated heterocycles. The van der Waals surface area contributed by atoms with E-state index in [2.05, 4.69) is 21.9 Å². The molecule has 0 spiro atoms. The third-order valence-corrected chi connectivity index (χ3v) is 2.91. The number of carbonyl (C=O) groups excluding carboxylic acids is 1. The van der Waals surface area contributed by atoms with Crippen molar-refractivity contribution >= 4 is 23.1 Å². The average Bonchev–Trinajstić information content (AvgIpc) is 2.80. The molecule has 0 fully saturated rings. The van der Waals surface area contributed by atoms with Gasteiger partial charge < -0.3 is 5.11 Å². The molecule has 0 aliphatic carbocycles. The van der Waals surface area contributed by atoms with Gasteiger partial charge in [0.1, 0.15) is 0 Å². The third kappa shape index (κ3) is 4.70. The molecule has 0 unspecified atom stereocenters. The number of azide groups is 1. The van der Waals surface area contributed by atoms with Gasteiger partial charge in [-0.2, -0.15) is 0 Å². The van der Waals surface area contributed by atoms with Gasteiger partial charge in [0.2, 0.25) is 0 Å². The van der Waals surface area contributed by atoms with Crippen molar-refractivity contribution in [1.29, 1.82) is 0 Å². The molecule has 0 radical (unpaired) electrons. The molecule has 0 bridgehead atoms. The number of nitrogens with zero attached hydrogens (tertiary/aromatic N) is 3. The van der Waals surface area contributed by atoms with E-state index in [4.69, 9.17) is 10.6 Å². The molecule has 0 aromatic carbocycles. The number of hydrogen-bond acceptors (Lipinski definition) is 4. The summed E-state index contributed by atoms with van der Waals surface area (Å²) in [6.07, 6.45) is -0.184. The van der Waals surface area contributed by atoms with Crippen molar-refractivity contribution in [2.75, 3.05) is 6.54 Å². The van der Waals surface area contributed by atoms with Gasteiger partial charge in [0.15, 0.2) is 5.78 Å². The Hall–Kier alpha value is -2.29. The summed E-state index contributed by atoms with van der Waals surface area (Å²) in [7, 11) is 0. The van der Waals surface area contributed by atoms with E-state index in [-0.39, 0.29) is 25.2 Å². The van der Waals surface area contributed by atoms with Gasteiger partial charge in [-0.05, 0) is 17.7 Å². The van der Waals surface area contributed by atoms with Crippen LogP contribution in [0.2, 0.25) is 0 Å². The molecule has 1 heterocycles. The summed E-state index contributed by atoms with van der Waals surface area (Å²) in [6, 6.07) is 3.30. The van der Waals surface area contributed by atoms with Gasteiger partial charge in [-0.1, -0.05) is 17.0 Å². The Morgan fingerprint density at radius 2 is 2.22 bits per heavy atom. The van der Waals surface area contributed by atoms with Crippen molar-refractivity contribution in [3.05, 3.63) is 32.3 Å². The number of carboxylic acids is 1. The van der Waals surface area contributed by atoms with Crippen molar-refractivity contribution in [2.24, 2.45) is 5.11 Å². The Morgan fingerprint density at radius 1 is 1.44 bits per heavy atom. The predicted octanol–water partition coefficient (Wildman–Crippen LogP) is 2.46. The van der Waals surface area contributed by atoms with Crippen LogP contribution < -0.4 is 0 Å². The molecule has 1 aromatic heterocycles. The van der Waals surface area contributed by atoms with E-state index in [0.717, 1.165) is 0 Å². The minimum atomic E-state index is -0.991. The normalized spacial score (nSPS) is 8.89. The third-order valence-electron chi connectivity index (χ3n) is 1.87. The molecule has 0 aliphatic rings. The molecule has 0 aliphatic heterocycles. The van der Waals surface area contributed by atoms with Crippen molar-refractivity contribution in [3.63, 3.8) is 0 Å². The number of Topliss-reactive ketones (excluding diaryl/α,β-unsaturated/α-hetero) is 1. The second kappa shape index (κ2) is 7.12. The minimum Gasteiger partial charge on any atom is -0.481 e. The first-order valence-electron chi connectivity index (χ1n) is 4.98. The standard InChI is InChI=1S/C11H9N3O3S/c12-14-13-7-1-2-8-3-5-10(18-8)9(15)4-6-11(16)17/h3,5H,4,6-7H2,(H,16,17). The molecule has 1 aromatic rings. The average molecular weight is 263 g/mol. The Kier molecular flexibility index (Phi) is 5.45. The lowest BCUT2D eigenvalue weighted by molar-refractivity contribution is -0.136. The summed E-state index contributed by atoms with van der Waals surface area (Å²) in [6.45, 7) is 0.0801. The zero-order valence-electron chi connectivity index (χ0n) is 9.29. The molecule has 0 atom stereocenters. The van der Waals surface area contributed by atoms with E-state index >= 15 is 0 Å². The van der Waals surface area contributed by atoms with Gasteiger partial charge in [0.05, 0.1) is 22.7 Å². The molecule has 6 nitrogen and oxygen atoms in total. The number of carboxylic acid groups (broad SMARTS) is 1. The summed E-state index contributed by atoms with van der Waals surface area (Å²) in [5.74, 6) is 4.20. The zero-order chi connectivity index (χ0) is 13.4. The van der Waals surface area contributed by atoms with Gasteiger partial charge in [0.25, 0.3) is 0 Å². The Morgan fingerprint density at radius 3 is 2.89 bits per heavy atom. The first-order chi connectivity index (χ1) is 8.63. The summed E-state index contributed by atoms with van der Waals surface area (Å²) in [5, 5.41) is 11.7. The zero-order valence-corrected chi connectivity index (χ0v) is 10.1. The highest BCUT2D eigenvalue weighted by Gasteiger charge is 2.10. The summed E-state index contributed by atoms with van der Waals surface area (Å²) < 4.78 is 0. The lowest BCUT2D eigenvalue weighted by atomic mass is 10.2. The molecular weight excluding hydrogens is 254 g/mol. The van der Waals surface area contributed by atoms with Crippen LogP contribution >= 0.6 is 11.3 Å². The number of thiophene rings is 1. The first kappa shape index (κ1) is 13.8. The van der Waals surface area contributed by atoms with E-state index in [1.54, 1.807) is 12.1 Å². The van der Waals surface area contributed by atoms with Crippen molar-refractivity contribution < 1.29 is 14.7 Å². The number of aliphatic carboxylic acids is 1. The Labute approximate surface area is 107 Å².